The molecule has 0 bridgehead atoms. The molecule has 1 heterocycles. The highest BCUT2D eigenvalue weighted by Crippen LogP contribution is 2.27. The van der Waals surface area contributed by atoms with Crippen LogP contribution in [0.1, 0.15) is 24.9 Å². The predicted molar refractivity (Wildman–Crippen MR) is 70.4 cm³/mol. The Morgan fingerprint density at radius 3 is 3.06 bits per heavy atom. The van der Waals surface area contributed by atoms with E-state index in [1.54, 1.807) is 0 Å². The van der Waals surface area contributed by atoms with Gasteiger partial charge in [-0.2, -0.15) is 0 Å². The van der Waals surface area contributed by atoms with Crippen molar-refractivity contribution < 1.29 is 0 Å². The van der Waals surface area contributed by atoms with Crippen LogP contribution in [0.4, 0.5) is 0 Å². The van der Waals surface area contributed by atoms with Crippen molar-refractivity contribution >= 4 is 21.9 Å². The second-order valence-corrected chi connectivity index (χ2v) is 4.88. The molecule has 4 heteroatoms. The van der Waals surface area contributed by atoms with Gasteiger partial charge < -0.3 is 10.6 Å². The Bertz CT molecular complexity index is 403. The van der Waals surface area contributed by atoms with Gasteiger partial charge in [-0.25, -0.2) is 0 Å². The van der Waals surface area contributed by atoms with Crippen molar-refractivity contribution in [1.29, 1.82) is 0 Å². The van der Waals surface area contributed by atoms with Crippen molar-refractivity contribution in [1.82, 2.24) is 4.90 Å². The third-order valence-electron chi connectivity index (χ3n) is 2.79. The molecule has 3 nitrogen and oxygen atoms in total. The molecular formula is C12H16BrN3. The van der Waals surface area contributed by atoms with Gasteiger partial charge in [0.1, 0.15) is 0 Å². The standard InChI is InChI=1S/C12H16BrN3/c1-2-6-16-11(8-15-12(16)14)9-4-3-5-10(13)7-9/h3-5,7,11H,2,6,8H2,1H3,(H2,14,15). The van der Waals surface area contributed by atoms with E-state index in [0.717, 1.165) is 24.0 Å². The van der Waals surface area contributed by atoms with E-state index < -0.39 is 0 Å². The maximum atomic E-state index is 5.90. The van der Waals surface area contributed by atoms with Crippen molar-refractivity contribution in [3.63, 3.8) is 0 Å². The summed E-state index contributed by atoms with van der Waals surface area (Å²) in [6, 6.07) is 8.66. The highest BCUT2D eigenvalue weighted by molar-refractivity contribution is 9.10. The van der Waals surface area contributed by atoms with Crippen LogP contribution in [-0.2, 0) is 0 Å². The summed E-state index contributed by atoms with van der Waals surface area (Å²) < 4.78 is 1.10. The van der Waals surface area contributed by atoms with Crippen molar-refractivity contribution in [2.45, 2.75) is 19.4 Å². The molecule has 16 heavy (non-hydrogen) atoms. The van der Waals surface area contributed by atoms with Crippen LogP contribution in [-0.4, -0.2) is 23.9 Å². The number of benzene rings is 1. The van der Waals surface area contributed by atoms with Gasteiger partial charge in [-0.1, -0.05) is 35.0 Å². The summed E-state index contributed by atoms with van der Waals surface area (Å²) in [6.45, 7) is 3.89. The largest absolute Gasteiger partial charge is 0.370 e. The van der Waals surface area contributed by atoms with Crippen LogP contribution < -0.4 is 5.73 Å². The number of rotatable bonds is 3. The third-order valence-corrected chi connectivity index (χ3v) is 3.29. The summed E-state index contributed by atoms with van der Waals surface area (Å²) in [4.78, 5) is 6.51. The van der Waals surface area contributed by atoms with Gasteiger partial charge in [0.2, 0.25) is 0 Å². The molecule has 1 unspecified atom stereocenters. The van der Waals surface area contributed by atoms with E-state index in [2.05, 4.69) is 50.9 Å². The number of hydrogen-bond acceptors (Lipinski definition) is 3. The average Bonchev–Trinajstić information content (AvgIpc) is 2.61. The first kappa shape index (κ1) is 11.5. The van der Waals surface area contributed by atoms with Crippen LogP contribution in [0.25, 0.3) is 0 Å². The summed E-state index contributed by atoms with van der Waals surface area (Å²) in [5.41, 5.74) is 7.17. The second kappa shape index (κ2) is 4.87. The van der Waals surface area contributed by atoms with E-state index in [-0.39, 0.29) is 0 Å². The lowest BCUT2D eigenvalue weighted by atomic mass is 10.1. The van der Waals surface area contributed by atoms with Crippen molar-refractivity contribution in [3.05, 3.63) is 34.3 Å². The Balaban J connectivity index is 2.22. The fourth-order valence-corrected chi connectivity index (χ4v) is 2.46. The molecule has 0 radical (unpaired) electrons. The quantitative estimate of drug-likeness (QED) is 0.925. The van der Waals surface area contributed by atoms with E-state index in [1.165, 1.54) is 5.56 Å². The Morgan fingerprint density at radius 1 is 1.56 bits per heavy atom. The summed E-state index contributed by atoms with van der Waals surface area (Å²) >= 11 is 3.50. The van der Waals surface area contributed by atoms with Crippen LogP contribution in [0.15, 0.2) is 33.7 Å². The van der Waals surface area contributed by atoms with Crippen LogP contribution in [0.5, 0.6) is 0 Å². The minimum atomic E-state index is 0.303. The molecule has 1 aromatic carbocycles. The van der Waals surface area contributed by atoms with E-state index in [0.29, 0.717) is 12.0 Å². The van der Waals surface area contributed by atoms with Crippen LogP contribution in [0.2, 0.25) is 0 Å². The lowest BCUT2D eigenvalue weighted by molar-refractivity contribution is 0.347. The molecule has 0 fully saturated rings. The molecule has 0 amide bonds. The van der Waals surface area contributed by atoms with E-state index in [4.69, 9.17) is 5.73 Å². The summed E-state index contributed by atoms with van der Waals surface area (Å²) in [5, 5.41) is 0. The van der Waals surface area contributed by atoms with Gasteiger partial charge in [0.25, 0.3) is 0 Å². The Hall–Kier alpha value is -1.03. The topological polar surface area (TPSA) is 41.6 Å². The van der Waals surface area contributed by atoms with Gasteiger partial charge in [0.05, 0.1) is 12.6 Å². The van der Waals surface area contributed by atoms with Gasteiger partial charge in [0, 0.05) is 11.0 Å². The zero-order valence-electron chi connectivity index (χ0n) is 9.36. The summed E-state index contributed by atoms with van der Waals surface area (Å²) in [5.74, 6) is 0.673. The fraction of sp³-hybridized carbons (Fsp3) is 0.417. The minimum Gasteiger partial charge on any atom is -0.370 e. The molecule has 0 saturated heterocycles. The van der Waals surface area contributed by atoms with Gasteiger partial charge >= 0.3 is 0 Å². The first-order valence-electron chi connectivity index (χ1n) is 5.54. The zero-order chi connectivity index (χ0) is 11.5. The molecule has 0 spiro atoms. The molecule has 0 saturated carbocycles. The molecule has 1 aromatic rings. The van der Waals surface area contributed by atoms with Crippen molar-refractivity contribution in [2.24, 2.45) is 10.7 Å². The fourth-order valence-electron chi connectivity index (χ4n) is 2.04. The van der Waals surface area contributed by atoms with E-state index >= 15 is 0 Å². The van der Waals surface area contributed by atoms with E-state index in [1.807, 2.05) is 6.07 Å². The minimum absolute atomic E-state index is 0.303. The second-order valence-electron chi connectivity index (χ2n) is 3.96. The Labute approximate surface area is 104 Å². The number of hydrogen-bond donors (Lipinski definition) is 1. The molecular weight excluding hydrogens is 266 g/mol. The molecule has 0 aliphatic carbocycles. The SMILES string of the molecule is CCCN1C(N)=NCC1c1cccc(Br)c1. The highest BCUT2D eigenvalue weighted by atomic mass is 79.9. The summed E-state index contributed by atoms with van der Waals surface area (Å²) in [6.07, 6.45) is 1.08. The molecule has 1 atom stereocenters. The third kappa shape index (κ3) is 2.21. The van der Waals surface area contributed by atoms with Gasteiger partial charge in [-0.3, -0.25) is 4.99 Å². The molecule has 86 valence electrons. The van der Waals surface area contributed by atoms with Crippen molar-refractivity contribution in [3.8, 4) is 0 Å². The first-order valence-corrected chi connectivity index (χ1v) is 6.33. The van der Waals surface area contributed by atoms with Crippen LogP contribution in [0.3, 0.4) is 0 Å². The molecule has 0 aromatic heterocycles. The summed E-state index contributed by atoms with van der Waals surface area (Å²) in [7, 11) is 0. The maximum absolute atomic E-state index is 5.90. The number of nitrogens with two attached hydrogens (primary N) is 1. The monoisotopic (exact) mass is 281 g/mol. The van der Waals surface area contributed by atoms with Crippen LogP contribution in [0, 0.1) is 0 Å². The zero-order valence-corrected chi connectivity index (χ0v) is 10.9. The normalized spacial score (nSPS) is 20.0. The lowest BCUT2D eigenvalue weighted by Crippen LogP contribution is -2.36. The van der Waals surface area contributed by atoms with E-state index in [9.17, 15) is 0 Å². The van der Waals surface area contributed by atoms with Gasteiger partial charge in [-0.15, -0.1) is 0 Å². The Kier molecular flexibility index (Phi) is 3.49. The smallest absolute Gasteiger partial charge is 0.191 e. The molecule has 1 aliphatic heterocycles. The molecule has 2 rings (SSSR count). The highest BCUT2D eigenvalue weighted by Gasteiger charge is 2.26. The Morgan fingerprint density at radius 2 is 2.38 bits per heavy atom. The van der Waals surface area contributed by atoms with Gasteiger partial charge in [0.15, 0.2) is 5.96 Å². The maximum Gasteiger partial charge on any atom is 0.191 e. The molecule has 1 aliphatic rings. The van der Waals surface area contributed by atoms with Crippen molar-refractivity contribution in [2.75, 3.05) is 13.1 Å². The number of guanidine groups is 1. The van der Waals surface area contributed by atoms with Gasteiger partial charge in [-0.05, 0) is 24.1 Å². The predicted octanol–water partition coefficient (Wildman–Crippen LogP) is 2.53. The number of halogens is 1. The first-order chi connectivity index (χ1) is 7.72. The molecule has 2 N–H and O–H groups in total. The lowest BCUT2D eigenvalue weighted by Gasteiger charge is -2.26. The van der Waals surface area contributed by atoms with Crippen LogP contribution >= 0.6 is 15.9 Å². The number of aliphatic imine (C=N–C) groups is 1. The number of nitrogens with zero attached hydrogens (tertiary/aromatic N) is 2. The average molecular weight is 282 g/mol.